The van der Waals surface area contributed by atoms with E-state index in [4.69, 9.17) is 9.47 Å². The van der Waals surface area contributed by atoms with Crippen LogP contribution in [0.15, 0.2) is 29.8 Å². The van der Waals surface area contributed by atoms with Crippen molar-refractivity contribution >= 4 is 16.9 Å². The monoisotopic (exact) mass is 352 g/mol. The number of fused-ring (bicyclic) bond motifs is 4. The van der Waals surface area contributed by atoms with Crippen LogP contribution in [0.25, 0.3) is 10.9 Å². The Hall–Kier alpha value is -2.27. The molecule has 5 nitrogen and oxygen atoms in total. The van der Waals surface area contributed by atoms with Crippen LogP contribution in [0.2, 0.25) is 0 Å². The van der Waals surface area contributed by atoms with Crippen molar-refractivity contribution in [3.05, 3.63) is 41.1 Å². The molecule has 0 spiro atoms. The van der Waals surface area contributed by atoms with Gasteiger partial charge in [-0.3, -0.25) is 9.69 Å². The maximum Gasteiger partial charge on any atom is 0.310 e. The van der Waals surface area contributed by atoms with Gasteiger partial charge in [-0.2, -0.15) is 0 Å². The number of aromatic amines is 1. The Kier molecular flexibility index (Phi) is 3.44. The molecule has 2 aromatic rings. The summed E-state index contributed by atoms with van der Waals surface area (Å²) in [6.07, 6.45) is 4.05. The van der Waals surface area contributed by atoms with Gasteiger partial charge in [0.15, 0.2) is 0 Å². The van der Waals surface area contributed by atoms with E-state index >= 15 is 0 Å². The normalized spacial score (nSPS) is 33.3. The van der Waals surface area contributed by atoms with Gasteiger partial charge in [0.2, 0.25) is 0 Å². The number of aromatic nitrogens is 1. The third kappa shape index (κ3) is 1.98. The van der Waals surface area contributed by atoms with Crippen LogP contribution in [-0.2, 0) is 16.0 Å². The van der Waals surface area contributed by atoms with Crippen LogP contribution in [-0.4, -0.2) is 42.7 Å². The summed E-state index contributed by atoms with van der Waals surface area (Å²) in [5.41, 5.74) is 5.21. The summed E-state index contributed by atoms with van der Waals surface area (Å²) >= 11 is 0. The van der Waals surface area contributed by atoms with Crippen molar-refractivity contribution in [1.29, 1.82) is 0 Å². The average Bonchev–Trinajstić information content (AvgIpc) is 3.04. The van der Waals surface area contributed by atoms with Crippen LogP contribution in [0.1, 0.15) is 30.6 Å². The third-order valence-corrected chi connectivity index (χ3v) is 6.73. The predicted molar refractivity (Wildman–Crippen MR) is 99.2 cm³/mol. The lowest BCUT2D eigenvalue weighted by Gasteiger charge is -2.57. The van der Waals surface area contributed by atoms with Crippen LogP contribution >= 0.6 is 0 Å². The summed E-state index contributed by atoms with van der Waals surface area (Å²) in [5.74, 6) is 1.03. The molecule has 0 amide bonds. The first-order chi connectivity index (χ1) is 12.7. The van der Waals surface area contributed by atoms with Crippen LogP contribution in [0.3, 0.4) is 0 Å². The van der Waals surface area contributed by atoms with E-state index in [1.54, 1.807) is 7.11 Å². The van der Waals surface area contributed by atoms with Gasteiger partial charge in [-0.15, -0.1) is 0 Å². The molecule has 6 rings (SSSR count). The summed E-state index contributed by atoms with van der Waals surface area (Å²) in [6.45, 7) is 3.05. The van der Waals surface area contributed by atoms with Crippen LogP contribution in [0.4, 0.5) is 0 Å². The molecule has 3 saturated heterocycles. The Bertz CT molecular complexity index is 929. The topological polar surface area (TPSA) is 54.6 Å². The number of carbonyl (C=O) groups excluding carboxylic acids is 1. The van der Waals surface area contributed by atoms with Crippen molar-refractivity contribution in [3.63, 3.8) is 0 Å². The van der Waals surface area contributed by atoms with Gasteiger partial charge in [0, 0.05) is 29.2 Å². The first-order valence-electron chi connectivity index (χ1n) is 9.33. The van der Waals surface area contributed by atoms with Crippen LogP contribution < -0.4 is 4.74 Å². The highest BCUT2D eigenvalue weighted by Crippen LogP contribution is 2.54. The molecule has 5 heterocycles. The summed E-state index contributed by atoms with van der Waals surface area (Å²) in [4.78, 5) is 18.8. The second-order valence-electron chi connectivity index (χ2n) is 7.64. The molecule has 26 heavy (non-hydrogen) atoms. The second kappa shape index (κ2) is 5.61. The molecule has 1 N–H and O–H groups in total. The number of hydrogen-bond donors (Lipinski definition) is 1. The van der Waals surface area contributed by atoms with Gasteiger partial charge < -0.3 is 14.5 Å². The van der Waals surface area contributed by atoms with Crippen molar-refractivity contribution in [1.82, 2.24) is 9.88 Å². The second-order valence-corrected chi connectivity index (χ2v) is 7.64. The minimum Gasteiger partial charge on any atom is -0.497 e. The van der Waals surface area contributed by atoms with Crippen molar-refractivity contribution in [2.75, 3.05) is 20.8 Å². The number of nitrogens with zero attached hydrogens (tertiary/aromatic N) is 1. The number of ether oxygens (including phenoxy) is 2. The Morgan fingerprint density at radius 1 is 1.35 bits per heavy atom. The summed E-state index contributed by atoms with van der Waals surface area (Å²) in [6, 6.07) is 6.78. The van der Waals surface area contributed by atoms with Crippen molar-refractivity contribution in [2.24, 2.45) is 11.8 Å². The molecule has 1 aromatic carbocycles. The van der Waals surface area contributed by atoms with Gasteiger partial charge in [-0.25, -0.2) is 0 Å². The first kappa shape index (κ1) is 15.9. The number of allylic oxidation sites excluding steroid dienone is 1. The standard InChI is InChI=1S/C21H24N2O3/c1-4-11-10-23-17-9-15-14-7-12(25-2)5-6-16(14)22-20(15)18(23)8-13(11)19(17)21(24)26-3/h4-7,13,17-19,22H,8-10H2,1-3H3/b11-4-/t13-,17-,18-,19-/m0/s1. The maximum atomic E-state index is 12.6. The Balaban J connectivity index is 1.66. The zero-order valence-corrected chi connectivity index (χ0v) is 15.4. The van der Waals surface area contributed by atoms with Crippen LogP contribution in [0.5, 0.6) is 5.75 Å². The maximum absolute atomic E-state index is 12.6. The smallest absolute Gasteiger partial charge is 0.310 e. The highest BCUT2D eigenvalue weighted by Gasteiger charge is 2.55. The first-order valence-corrected chi connectivity index (χ1v) is 9.33. The van der Waals surface area contributed by atoms with Crippen molar-refractivity contribution < 1.29 is 14.3 Å². The Morgan fingerprint density at radius 2 is 2.19 bits per heavy atom. The summed E-state index contributed by atoms with van der Waals surface area (Å²) in [5, 5.41) is 1.22. The van der Waals surface area contributed by atoms with E-state index in [1.165, 1.54) is 29.3 Å². The molecule has 4 bridgehead atoms. The minimum atomic E-state index is -0.0695. The molecule has 0 aliphatic carbocycles. The minimum absolute atomic E-state index is 0.0663. The van der Waals surface area contributed by atoms with E-state index in [-0.39, 0.29) is 17.9 Å². The summed E-state index contributed by atoms with van der Waals surface area (Å²) < 4.78 is 10.6. The molecular weight excluding hydrogens is 328 g/mol. The molecule has 5 atom stereocenters. The van der Waals surface area contributed by atoms with E-state index < -0.39 is 0 Å². The molecule has 3 fully saturated rings. The van der Waals surface area contributed by atoms with Gasteiger partial charge in [-0.05, 0) is 49.4 Å². The fourth-order valence-corrected chi connectivity index (χ4v) is 5.54. The third-order valence-electron chi connectivity index (χ3n) is 6.73. The molecule has 136 valence electrons. The number of esters is 1. The number of nitrogens with one attached hydrogen (secondary N) is 1. The Labute approximate surface area is 153 Å². The lowest BCUT2D eigenvalue weighted by atomic mass is 9.64. The Morgan fingerprint density at radius 3 is 2.92 bits per heavy atom. The van der Waals surface area contributed by atoms with Crippen LogP contribution in [0, 0.1) is 11.8 Å². The van der Waals surface area contributed by atoms with Gasteiger partial charge in [0.25, 0.3) is 0 Å². The molecule has 4 aliphatic rings. The van der Waals surface area contributed by atoms with Gasteiger partial charge in [0.05, 0.1) is 26.2 Å². The molecule has 1 aromatic heterocycles. The van der Waals surface area contributed by atoms with Gasteiger partial charge >= 0.3 is 5.97 Å². The molecule has 0 saturated carbocycles. The largest absolute Gasteiger partial charge is 0.497 e. The van der Waals surface area contributed by atoms with Crippen molar-refractivity contribution in [3.8, 4) is 5.75 Å². The number of benzene rings is 1. The van der Waals surface area contributed by atoms with Crippen molar-refractivity contribution in [2.45, 2.75) is 31.8 Å². The lowest BCUT2D eigenvalue weighted by molar-refractivity contribution is -0.157. The number of H-pyrrole nitrogens is 1. The number of rotatable bonds is 2. The van der Waals surface area contributed by atoms with E-state index in [0.717, 1.165) is 30.7 Å². The lowest BCUT2D eigenvalue weighted by Crippen LogP contribution is -2.62. The van der Waals surface area contributed by atoms with E-state index in [0.29, 0.717) is 12.0 Å². The highest BCUT2D eigenvalue weighted by molar-refractivity contribution is 5.87. The molecular formula is C21H24N2O3. The SMILES string of the molecule is C/C=C1/CN2[C@H]3C[C@@H]1[C@H](C(=O)OC)[C@@H]2Cc1c3[nH]c2ccc(OC)cc12. The number of carbonyl (C=O) groups is 1. The number of piperidine rings is 3. The zero-order valence-electron chi connectivity index (χ0n) is 15.4. The summed E-state index contributed by atoms with van der Waals surface area (Å²) in [7, 11) is 3.21. The van der Waals surface area contributed by atoms with Gasteiger partial charge in [-0.1, -0.05) is 11.6 Å². The quantitative estimate of drug-likeness (QED) is 0.666. The number of methoxy groups -OCH3 is 2. The van der Waals surface area contributed by atoms with E-state index in [2.05, 4.69) is 35.0 Å². The molecule has 0 radical (unpaired) electrons. The van der Waals surface area contributed by atoms with Gasteiger partial charge in [0.1, 0.15) is 5.75 Å². The highest BCUT2D eigenvalue weighted by atomic mass is 16.5. The predicted octanol–water partition coefficient (Wildman–Crippen LogP) is 3.21. The fourth-order valence-electron chi connectivity index (χ4n) is 5.54. The van der Waals surface area contributed by atoms with E-state index in [1.807, 2.05) is 6.07 Å². The number of hydrogen-bond acceptors (Lipinski definition) is 4. The molecule has 4 aliphatic heterocycles. The molecule has 1 unspecified atom stereocenters. The zero-order chi connectivity index (χ0) is 18.0. The van der Waals surface area contributed by atoms with E-state index in [9.17, 15) is 4.79 Å². The average molecular weight is 352 g/mol. The fraction of sp³-hybridized carbons (Fsp3) is 0.476. The molecule has 5 heteroatoms.